The highest BCUT2D eigenvalue weighted by molar-refractivity contribution is 5.89. The van der Waals surface area contributed by atoms with E-state index in [0.717, 1.165) is 43.8 Å². The molecule has 0 N–H and O–H groups in total. The Morgan fingerprint density at radius 1 is 1.31 bits per heavy atom. The number of benzene rings is 1. The van der Waals surface area contributed by atoms with E-state index in [1.54, 1.807) is 0 Å². The molecule has 1 aliphatic carbocycles. The van der Waals surface area contributed by atoms with Crippen molar-refractivity contribution in [1.29, 1.82) is 0 Å². The van der Waals surface area contributed by atoms with E-state index < -0.39 is 0 Å². The minimum atomic E-state index is -0.0843. The average molecular weight is 353 g/mol. The fourth-order valence-electron chi connectivity index (χ4n) is 4.08. The lowest BCUT2D eigenvalue weighted by molar-refractivity contribution is 0.0531. The number of amides is 1. The van der Waals surface area contributed by atoms with Crippen LogP contribution in [0.3, 0.4) is 0 Å². The van der Waals surface area contributed by atoms with Gasteiger partial charge in [-0.15, -0.1) is 0 Å². The van der Waals surface area contributed by atoms with Crippen molar-refractivity contribution in [3.05, 3.63) is 53.2 Å². The first-order valence-electron chi connectivity index (χ1n) is 9.57. The highest BCUT2D eigenvalue weighted by atomic mass is 16.4. The molecule has 1 aromatic heterocycles. The van der Waals surface area contributed by atoms with Gasteiger partial charge in [0.25, 0.3) is 5.89 Å². The molecule has 1 aromatic carbocycles. The van der Waals surface area contributed by atoms with Gasteiger partial charge in [-0.1, -0.05) is 37.3 Å². The lowest BCUT2D eigenvalue weighted by Gasteiger charge is -2.38. The van der Waals surface area contributed by atoms with Gasteiger partial charge in [-0.3, -0.25) is 9.69 Å². The van der Waals surface area contributed by atoms with Gasteiger partial charge in [0, 0.05) is 38.6 Å². The zero-order valence-electron chi connectivity index (χ0n) is 15.8. The summed E-state index contributed by atoms with van der Waals surface area (Å²) in [7, 11) is 1.87. The van der Waals surface area contributed by atoms with Crippen molar-refractivity contribution >= 4 is 5.91 Å². The number of aromatic nitrogens is 1. The zero-order valence-corrected chi connectivity index (χ0v) is 15.8. The van der Waals surface area contributed by atoms with Crippen LogP contribution in [0.2, 0.25) is 0 Å². The summed E-state index contributed by atoms with van der Waals surface area (Å²) in [6, 6.07) is 11.2. The lowest BCUT2D eigenvalue weighted by Crippen LogP contribution is -2.44. The molecular weight excluding hydrogens is 326 g/mol. The summed E-state index contributed by atoms with van der Waals surface area (Å²) < 4.78 is 5.84. The molecule has 2 aliphatic rings. The Balaban J connectivity index is 1.46. The molecule has 5 nitrogen and oxygen atoms in total. The fourth-order valence-corrected chi connectivity index (χ4v) is 4.08. The van der Waals surface area contributed by atoms with Crippen LogP contribution in [0.5, 0.6) is 0 Å². The van der Waals surface area contributed by atoms with E-state index in [1.807, 2.05) is 18.0 Å². The zero-order chi connectivity index (χ0) is 18.3. The molecule has 0 saturated heterocycles. The van der Waals surface area contributed by atoms with Crippen molar-refractivity contribution in [2.75, 3.05) is 13.6 Å². The second-order valence-corrected chi connectivity index (χ2v) is 7.84. The molecule has 1 fully saturated rings. The third-order valence-corrected chi connectivity index (χ3v) is 5.99. The molecule has 26 heavy (non-hydrogen) atoms. The first kappa shape index (κ1) is 17.3. The van der Waals surface area contributed by atoms with Gasteiger partial charge in [-0.05, 0) is 31.2 Å². The highest BCUT2D eigenvalue weighted by Gasteiger charge is 2.34. The summed E-state index contributed by atoms with van der Waals surface area (Å²) in [4.78, 5) is 21.5. The number of fused-ring (bicyclic) bond motifs is 1. The fraction of sp³-hybridized carbons (Fsp3) is 0.524. The van der Waals surface area contributed by atoms with Crippen molar-refractivity contribution in [3.8, 4) is 0 Å². The van der Waals surface area contributed by atoms with Crippen molar-refractivity contribution in [1.82, 2.24) is 14.8 Å². The van der Waals surface area contributed by atoms with Crippen molar-refractivity contribution in [3.63, 3.8) is 0 Å². The third-order valence-electron chi connectivity index (χ3n) is 5.99. The van der Waals surface area contributed by atoms with E-state index in [2.05, 4.69) is 48.0 Å². The van der Waals surface area contributed by atoms with Crippen LogP contribution < -0.4 is 0 Å². The van der Waals surface area contributed by atoms with Crippen LogP contribution in [-0.2, 0) is 13.0 Å². The summed E-state index contributed by atoms with van der Waals surface area (Å²) in [5.41, 5.74) is 2.22. The minimum Gasteiger partial charge on any atom is -0.437 e. The molecule has 5 heteroatoms. The molecule has 2 heterocycles. The molecule has 0 bridgehead atoms. The van der Waals surface area contributed by atoms with Crippen LogP contribution >= 0.6 is 0 Å². The van der Waals surface area contributed by atoms with E-state index in [-0.39, 0.29) is 11.8 Å². The monoisotopic (exact) mass is 353 g/mol. The molecule has 1 amide bonds. The van der Waals surface area contributed by atoms with Crippen molar-refractivity contribution < 1.29 is 9.21 Å². The number of carbonyl (C=O) groups is 1. The largest absolute Gasteiger partial charge is 0.437 e. The number of hydrogen-bond donors (Lipinski definition) is 0. The molecule has 4 rings (SSSR count). The molecule has 0 spiro atoms. The molecule has 1 aliphatic heterocycles. The maximum absolute atomic E-state index is 12.7. The Hall–Kier alpha value is -2.14. The molecule has 1 atom stereocenters. The minimum absolute atomic E-state index is 0.0843. The summed E-state index contributed by atoms with van der Waals surface area (Å²) in [5.74, 6) is 1.76. The number of oxazole rings is 1. The normalized spacial score (nSPS) is 23.8. The van der Waals surface area contributed by atoms with Gasteiger partial charge in [-0.25, -0.2) is 4.98 Å². The molecule has 1 saturated carbocycles. The van der Waals surface area contributed by atoms with E-state index >= 15 is 0 Å². The molecule has 0 radical (unpaired) electrons. The summed E-state index contributed by atoms with van der Waals surface area (Å²) in [6.45, 7) is 6.09. The van der Waals surface area contributed by atoms with Gasteiger partial charge in [0.2, 0.25) is 0 Å². The van der Waals surface area contributed by atoms with Gasteiger partial charge in [-0.2, -0.15) is 0 Å². The van der Waals surface area contributed by atoms with Crippen molar-refractivity contribution in [2.24, 2.45) is 5.92 Å². The quantitative estimate of drug-likeness (QED) is 0.842. The Morgan fingerprint density at radius 2 is 2.04 bits per heavy atom. The highest BCUT2D eigenvalue weighted by Crippen LogP contribution is 2.32. The maximum Gasteiger partial charge on any atom is 0.309 e. The third kappa shape index (κ3) is 3.16. The molecule has 138 valence electrons. The predicted octanol–water partition coefficient (Wildman–Crippen LogP) is 3.66. The SMILES string of the molecule is CC1CC(N(C)C(=O)c2nc3c(o2)CCN([C@H](C)c2ccccc2)C3)C1. The Bertz CT molecular complexity index is 780. The van der Waals surface area contributed by atoms with Crippen LogP contribution in [0.1, 0.15) is 60.4 Å². The Labute approximate surface area is 155 Å². The maximum atomic E-state index is 12.7. The van der Waals surface area contributed by atoms with Gasteiger partial charge in [0.15, 0.2) is 0 Å². The number of rotatable bonds is 4. The molecule has 2 aromatic rings. The first-order valence-corrected chi connectivity index (χ1v) is 9.57. The predicted molar refractivity (Wildman–Crippen MR) is 99.8 cm³/mol. The number of nitrogens with zero attached hydrogens (tertiary/aromatic N) is 3. The average Bonchev–Trinajstić information content (AvgIpc) is 3.07. The second-order valence-electron chi connectivity index (χ2n) is 7.84. The summed E-state index contributed by atoms with van der Waals surface area (Å²) >= 11 is 0. The molecule has 0 unspecified atom stereocenters. The van der Waals surface area contributed by atoms with E-state index in [1.165, 1.54) is 5.56 Å². The summed E-state index contributed by atoms with van der Waals surface area (Å²) in [6.07, 6.45) is 2.95. The van der Waals surface area contributed by atoms with Crippen LogP contribution in [0.25, 0.3) is 0 Å². The van der Waals surface area contributed by atoms with E-state index in [9.17, 15) is 4.79 Å². The number of hydrogen-bond acceptors (Lipinski definition) is 4. The van der Waals surface area contributed by atoms with E-state index in [4.69, 9.17) is 4.42 Å². The topological polar surface area (TPSA) is 49.6 Å². The van der Waals surface area contributed by atoms with Crippen LogP contribution in [0.15, 0.2) is 34.7 Å². The smallest absolute Gasteiger partial charge is 0.309 e. The first-order chi connectivity index (χ1) is 12.5. The second kappa shape index (κ2) is 6.88. The standard InChI is InChI=1S/C21H27N3O2/c1-14-11-17(12-14)23(3)21(25)20-22-18-13-24(10-9-19(18)26-20)15(2)16-7-5-4-6-8-16/h4-8,14-15,17H,9-13H2,1-3H3/t14?,15-,17?/m1/s1. The molecular formula is C21H27N3O2. The van der Waals surface area contributed by atoms with E-state index in [0.29, 0.717) is 18.0 Å². The van der Waals surface area contributed by atoms with Crippen molar-refractivity contribution in [2.45, 2.75) is 51.7 Å². The number of carbonyl (C=O) groups excluding carboxylic acids is 1. The van der Waals surface area contributed by atoms with Gasteiger partial charge in [0.1, 0.15) is 5.76 Å². The van der Waals surface area contributed by atoms with Crippen LogP contribution in [0.4, 0.5) is 0 Å². The van der Waals surface area contributed by atoms with Gasteiger partial charge < -0.3 is 9.32 Å². The van der Waals surface area contributed by atoms with Gasteiger partial charge in [0.05, 0.1) is 5.69 Å². The Morgan fingerprint density at radius 3 is 2.73 bits per heavy atom. The summed E-state index contributed by atoms with van der Waals surface area (Å²) in [5, 5.41) is 0. The van der Waals surface area contributed by atoms with Crippen LogP contribution in [0, 0.1) is 5.92 Å². The van der Waals surface area contributed by atoms with Gasteiger partial charge >= 0.3 is 5.91 Å². The van der Waals surface area contributed by atoms with Crippen LogP contribution in [-0.4, -0.2) is 40.3 Å². The lowest BCUT2D eigenvalue weighted by atomic mass is 9.81. The Kier molecular flexibility index (Phi) is 4.57.